The van der Waals surface area contributed by atoms with Gasteiger partial charge in [-0.3, -0.25) is 9.36 Å². The van der Waals surface area contributed by atoms with Crippen LogP contribution >= 0.6 is 11.8 Å². The molecule has 0 aliphatic heterocycles. The predicted molar refractivity (Wildman–Crippen MR) is 91.7 cm³/mol. The summed E-state index contributed by atoms with van der Waals surface area (Å²) in [5, 5.41) is 20.9. The highest BCUT2D eigenvalue weighted by Gasteiger charge is 2.42. The van der Waals surface area contributed by atoms with Crippen molar-refractivity contribution in [2.24, 2.45) is 5.92 Å². The van der Waals surface area contributed by atoms with E-state index < -0.39 is 5.54 Å². The van der Waals surface area contributed by atoms with Crippen LogP contribution in [0.15, 0.2) is 35.7 Å². The van der Waals surface area contributed by atoms with Crippen molar-refractivity contribution < 1.29 is 4.79 Å². The van der Waals surface area contributed by atoms with Gasteiger partial charge >= 0.3 is 0 Å². The summed E-state index contributed by atoms with van der Waals surface area (Å²) < 4.78 is 1.87. The molecule has 2 aromatic rings. The maximum absolute atomic E-state index is 12.2. The molecule has 124 valence electrons. The van der Waals surface area contributed by atoms with Gasteiger partial charge in [-0.25, -0.2) is 0 Å². The molecule has 3 rings (SSSR count). The molecular formula is C17H19N5OS. The zero-order chi connectivity index (χ0) is 17.2. The topological polar surface area (TPSA) is 83.6 Å². The van der Waals surface area contributed by atoms with Gasteiger partial charge in [0.2, 0.25) is 5.91 Å². The zero-order valence-electron chi connectivity index (χ0n) is 13.7. The third-order valence-corrected chi connectivity index (χ3v) is 5.19. The second-order valence-electron chi connectivity index (χ2n) is 6.20. The van der Waals surface area contributed by atoms with Gasteiger partial charge in [-0.05, 0) is 44.2 Å². The molecule has 1 aromatic heterocycles. The molecule has 1 aliphatic carbocycles. The Bertz CT molecular complexity index is 792. The number of rotatable bonds is 6. The van der Waals surface area contributed by atoms with Crippen molar-refractivity contribution in [2.75, 3.05) is 5.75 Å². The second-order valence-corrected chi connectivity index (χ2v) is 7.14. The number of thioether (sulfide) groups is 1. The summed E-state index contributed by atoms with van der Waals surface area (Å²) in [6.45, 7) is 3.81. The highest BCUT2D eigenvalue weighted by molar-refractivity contribution is 7.99. The standard InChI is InChI=1S/C17H19N5OS/c1-12-5-3-4-6-14(12)22-11-19-21-16(22)24-9-15(23)20-17(2,10-18)13-7-8-13/h3-6,11,13H,7-9H2,1-2H3,(H,20,23). The number of para-hydroxylation sites is 1. The van der Waals surface area contributed by atoms with Crippen LogP contribution in [0.2, 0.25) is 0 Å². The van der Waals surface area contributed by atoms with E-state index in [0.717, 1.165) is 24.1 Å². The highest BCUT2D eigenvalue weighted by atomic mass is 32.2. The minimum absolute atomic E-state index is 0.157. The molecule has 1 aromatic carbocycles. The number of carbonyl (C=O) groups is 1. The Kier molecular flexibility index (Phi) is 4.58. The minimum atomic E-state index is -0.763. The van der Waals surface area contributed by atoms with Gasteiger partial charge in [0.1, 0.15) is 11.9 Å². The number of hydrogen-bond donors (Lipinski definition) is 1. The molecule has 0 saturated heterocycles. The number of carbonyl (C=O) groups excluding carboxylic acids is 1. The zero-order valence-corrected chi connectivity index (χ0v) is 14.5. The number of nitriles is 1. The van der Waals surface area contributed by atoms with Crippen molar-refractivity contribution in [2.45, 2.75) is 37.4 Å². The number of aromatic nitrogens is 3. The average Bonchev–Trinajstić information content (AvgIpc) is 3.33. The summed E-state index contributed by atoms with van der Waals surface area (Å²) in [4.78, 5) is 12.2. The summed E-state index contributed by atoms with van der Waals surface area (Å²) in [5.74, 6) is 0.316. The molecule has 1 atom stereocenters. The summed E-state index contributed by atoms with van der Waals surface area (Å²) in [5.41, 5.74) is 1.33. The van der Waals surface area contributed by atoms with Crippen molar-refractivity contribution in [3.63, 3.8) is 0 Å². The van der Waals surface area contributed by atoms with Crippen LogP contribution in [0, 0.1) is 24.2 Å². The van der Waals surface area contributed by atoms with Crippen LogP contribution in [0.4, 0.5) is 0 Å². The van der Waals surface area contributed by atoms with Gasteiger partial charge < -0.3 is 5.32 Å². The maximum atomic E-state index is 12.2. The van der Waals surface area contributed by atoms with Gasteiger partial charge in [0.25, 0.3) is 0 Å². The molecule has 1 fully saturated rings. The van der Waals surface area contributed by atoms with E-state index in [1.165, 1.54) is 11.8 Å². The Morgan fingerprint density at radius 2 is 2.25 bits per heavy atom. The number of nitrogens with zero attached hydrogens (tertiary/aromatic N) is 4. The summed E-state index contributed by atoms with van der Waals surface area (Å²) in [7, 11) is 0. The van der Waals surface area contributed by atoms with Crippen LogP contribution in [-0.4, -0.2) is 32.0 Å². The Morgan fingerprint density at radius 3 is 2.92 bits per heavy atom. The van der Waals surface area contributed by atoms with Crippen LogP contribution in [0.5, 0.6) is 0 Å². The van der Waals surface area contributed by atoms with Gasteiger partial charge in [0.15, 0.2) is 5.16 Å². The first-order chi connectivity index (χ1) is 11.5. The Hall–Kier alpha value is -2.33. The molecule has 24 heavy (non-hydrogen) atoms. The lowest BCUT2D eigenvalue weighted by atomic mass is 9.98. The molecule has 6 nitrogen and oxygen atoms in total. The Labute approximate surface area is 145 Å². The van der Waals surface area contributed by atoms with Crippen LogP contribution in [0.1, 0.15) is 25.3 Å². The quantitative estimate of drug-likeness (QED) is 0.816. The lowest BCUT2D eigenvalue weighted by Crippen LogP contribution is -2.47. The van der Waals surface area contributed by atoms with E-state index in [2.05, 4.69) is 21.6 Å². The smallest absolute Gasteiger partial charge is 0.231 e. The molecule has 1 heterocycles. The Morgan fingerprint density at radius 1 is 1.50 bits per heavy atom. The number of hydrogen-bond acceptors (Lipinski definition) is 5. The van der Waals surface area contributed by atoms with E-state index in [-0.39, 0.29) is 17.6 Å². The lowest BCUT2D eigenvalue weighted by Gasteiger charge is -2.22. The van der Waals surface area contributed by atoms with Gasteiger partial charge in [-0.15, -0.1) is 10.2 Å². The van der Waals surface area contributed by atoms with Gasteiger partial charge in [0, 0.05) is 0 Å². The van der Waals surface area contributed by atoms with E-state index >= 15 is 0 Å². The van der Waals surface area contributed by atoms with E-state index in [1.807, 2.05) is 35.8 Å². The predicted octanol–water partition coefficient (Wildman–Crippen LogP) is 2.48. The van der Waals surface area contributed by atoms with Gasteiger partial charge in [-0.1, -0.05) is 30.0 Å². The molecule has 7 heteroatoms. The number of benzene rings is 1. The summed E-state index contributed by atoms with van der Waals surface area (Å²) in [6.07, 6.45) is 3.64. The van der Waals surface area contributed by atoms with Crippen LogP contribution in [-0.2, 0) is 4.79 Å². The average molecular weight is 341 g/mol. The fraction of sp³-hybridized carbons (Fsp3) is 0.412. The molecular weight excluding hydrogens is 322 g/mol. The molecule has 0 bridgehead atoms. The number of amides is 1. The molecule has 0 spiro atoms. The first-order valence-electron chi connectivity index (χ1n) is 7.84. The molecule has 0 radical (unpaired) electrons. The molecule has 1 aliphatic rings. The molecule has 1 saturated carbocycles. The van der Waals surface area contributed by atoms with Crippen molar-refractivity contribution in [1.82, 2.24) is 20.1 Å². The van der Waals surface area contributed by atoms with E-state index in [9.17, 15) is 10.1 Å². The largest absolute Gasteiger partial charge is 0.337 e. The molecule has 1 N–H and O–H groups in total. The number of nitrogens with one attached hydrogen (secondary N) is 1. The second kappa shape index (κ2) is 6.65. The molecule has 1 amide bonds. The fourth-order valence-electron chi connectivity index (χ4n) is 2.66. The third-order valence-electron chi connectivity index (χ3n) is 4.25. The lowest BCUT2D eigenvalue weighted by molar-refractivity contribution is -0.119. The van der Waals surface area contributed by atoms with Crippen LogP contribution < -0.4 is 5.32 Å². The van der Waals surface area contributed by atoms with Crippen molar-refractivity contribution in [3.05, 3.63) is 36.2 Å². The maximum Gasteiger partial charge on any atom is 0.231 e. The first-order valence-corrected chi connectivity index (χ1v) is 8.83. The van der Waals surface area contributed by atoms with Crippen molar-refractivity contribution >= 4 is 17.7 Å². The summed E-state index contributed by atoms with van der Waals surface area (Å²) >= 11 is 1.32. The SMILES string of the molecule is Cc1ccccc1-n1cnnc1SCC(=O)NC(C)(C#N)C1CC1. The fourth-order valence-corrected chi connectivity index (χ4v) is 3.38. The monoisotopic (exact) mass is 341 g/mol. The van der Waals surface area contributed by atoms with Crippen molar-refractivity contribution in [1.29, 1.82) is 5.26 Å². The van der Waals surface area contributed by atoms with E-state index in [1.54, 1.807) is 13.3 Å². The Balaban J connectivity index is 1.66. The van der Waals surface area contributed by atoms with E-state index in [0.29, 0.717) is 5.16 Å². The first kappa shape index (κ1) is 16.5. The number of aryl methyl sites for hydroxylation is 1. The van der Waals surface area contributed by atoms with Gasteiger partial charge in [-0.2, -0.15) is 5.26 Å². The third kappa shape index (κ3) is 3.44. The van der Waals surface area contributed by atoms with E-state index in [4.69, 9.17) is 0 Å². The van der Waals surface area contributed by atoms with Crippen LogP contribution in [0.25, 0.3) is 5.69 Å². The highest BCUT2D eigenvalue weighted by Crippen LogP contribution is 2.39. The molecule has 1 unspecified atom stereocenters. The minimum Gasteiger partial charge on any atom is -0.337 e. The summed E-state index contributed by atoms with van der Waals surface area (Å²) in [6, 6.07) is 10.2. The normalized spacial score (nSPS) is 16.2. The van der Waals surface area contributed by atoms with Crippen LogP contribution in [0.3, 0.4) is 0 Å². The van der Waals surface area contributed by atoms with Gasteiger partial charge in [0.05, 0.1) is 17.5 Å². The van der Waals surface area contributed by atoms with Crippen molar-refractivity contribution in [3.8, 4) is 11.8 Å².